The van der Waals surface area contributed by atoms with Gasteiger partial charge in [-0.05, 0) is 34.5 Å². The van der Waals surface area contributed by atoms with Gasteiger partial charge in [0.1, 0.15) is 0 Å². The molecule has 0 unspecified atom stereocenters. The number of fused-ring (bicyclic) bond motifs is 1. The second-order valence-corrected chi connectivity index (χ2v) is 4.75. The van der Waals surface area contributed by atoms with E-state index in [2.05, 4.69) is 29.3 Å². The maximum absolute atomic E-state index is 11.4. The van der Waals surface area contributed by atoms with Gasteiger partial charge in [0.2, 0.25) is 0 Å². The molecule has 3 rings (SSSR count). The molecule has 0 heterocycles. The highest BCUT2D eigenvalue weighted by molar-refractivity contribution is 5.99. The van der Waals surface area contributed by atoms with Crippen molar-refractivity contribution in [2.24, 2.45) is 10.7 Å². The molecule has 1 amide bonds. The van der Waals surface area contributed by atoms with Crippen LogP contribution in [0.2, 0.25) is 0 Å². The molecule has 0 spiro atoms. The topological polar surface area (TPSA) is 55.5 Å². The summed E-state index contributed by atoms with van der Waals surface area (Å²) in [7, 11) is 0. The van der Waals surface area contributed by atoms with Crippen LogP contribution in [0.4, 0.5) is 5.69 Å². The van der Waals surface area contributed by atoms with E-state index in [1.165, 1.54) is 5.39 Å². The molecule has 0 fully saturated rings. The number of aliphatic imine (C=N–C) groups is 1. The van der Waals surface area contributed by atoms with Gasteiger partial charge in [0, 0.05) is 6.21 Å². The van der Waals surface area contributed by atoms with Gasteiger partial charge in [0.05, 0.1) is 11.3 Å². The smallest absolute Gasteiger partial charge is 0.250 e. The Bertz CT molecular complexity index is 837. The van der Waals surface area contributed by atoms with Crippen LogP contribution in [0.25, 0.3) is 10.8 Å². The molecule has 3 heteroatoms. The highest BCUT2D eigenvalue weighted by Crippen LogP contribution is 2.19. The quantitative estimate of drug-likeness (QED) is 0.727. The van der Waals surface area contributed by atoms with Gasteiger partial charge < -0.3 is 5.73 Å². The Labute approximate surface area is 122 Å². The number of nitrogens with two attached hydrogens (primary N) is 1. The SMILES string of the molecule is NC(=O)c1ccccc1/N=C/c1ccc2ccccc2c1. The third-order valence-corrected chi connectivity index (χ3v) is 3.30. The standard InChI is InChI=1S/C18H14N2O/c19-18(21)16-7-3-4-8-17(16)20-12-13-9-10-14-5-1-2-6-15(14)11-13/h1-12H,(H2,19,21)/b20-12+. The van der Waals surface area contributed by atoms with Crippen LogP contribution in [-0.4, -0.2) is 12.1 Å². The van der Waals surface area contributed by atoms with Crippen molar-refractivity contribution in [1.82, 2.24) is 0 Å². The normalized spacial score (nSPS) is 11.0. The highest BCUT2D eigenvalue weighted by Gasteiger charge is 2.05. The first-order valence-electron chi connectivity index (χ1n) is 6.66. The Morgan fingerprint density at radius 2 is 1.62 bits per heavy atom. The van der Waals surface area contributed by atoms with Gasteiger partial charge in [-0.1, -0.05) is 48.5 Å². The van der Waals surface area contributed by atoms with E-state index in [1.807, 2.05) is 24.3 Å². The summed E-state index contributed by atoms with van der Waals surface area (Å²) in [6.07, 6.45) is 1.74. The van der Waals surface area contributed by atoms with Crippen molar-refractivity contribution >= 4 is 28.6 Å². The number of rotatable bonds is 3. The van der Waals surface area contributed by atoms with Crippen LogP contribution in [0.3, 0.4) is 0 Å². The average Bonchev–Trinajstić information content (AvgIpc) is 2.53. The molecule has 3 aromatic carbocycles. The Morgan fingerprint density at radius 1 is 0.905 bits per heavy atom. The number of amides is 1. The molecule has 0 saturated carbocycles. The maximum Gasteiger partial charge on any atom is 0.250 e. The molecule has 3 aromatic rings. The van der Waals surface area contributed by atoms with E-state index >= 15 is 0 Å². The van der Waals surface area contributed by atoms with Crippen LogP contribution >= 0.6 is 0 Å². The fourth-order valence-electron chi connectivity index (χ4n) is 2.23. The molecule has 2 N–H and O–H groups in total. The molecule has 0 atom stereocenters. The minimum absolute atomic E-state index is 0.425. The summed E-state index contributed by atoms with van der Waals surface area (Å²) in [5.41, 5.74) is 7.33. The van der Waals surface area contributed by atoms with E-state index in [0.717, 1.165) is 10.9 Å². The lowest BCUT2D eigenvalue weighted by Gasteiger charge is -2.01. The molecule has 0 bridgehead atoms. The predicted molar refractivity (Wildman–Crippen MR) is 86.2 cm³/mol. The van der Waals surface area contributed by atoms with E-state index in [9.17, 15) is 4.79 Å². The molecule has 0 aliphatic carbocycles. The Kier molecular flexibility index (Phi) is 3.48. The monoisotopic (exact) mass is 274 g/mol. The number of benzene rings is 3. The predicted octanol–water partition coefficient (Wildman–Crippen LogP) is 3.69. The van der Waals surface area contributed by atoms with Gasteiger partial charge in [-0.2, -0.15) is 0 Å². The van der Waals surface area contributed by atoms with Crippen LogP contribution in [0.5, 0.6) is 0 Å². The third-order valence-electron chi connectivity index (χ3n) is 3.30. The first-order chi connectivity index (χ1) is 10.2. The van der Waals surface area contributed by atoms with Gasteiger partial charge in [-0.3, -0.25) is 9.79 Å². The summed E-state index contributed by atoms with van der Waals surface area (Å²) in [5, 5.41) is 2.34. The summed E-state index contributed by atoms with van der Waals surface area (Å²) < 4.78 is 0. The summed E-state index contributed by atoms with van der Waals surface area (Å²) in [4.78, 5) is 15.7. The van der Waals surface area contributed by atoms with Crippen LogP contribution in [-0.2, 0) is 0 Å². The van der Waals surface area contributed by atoms with E-state index < -0.39 is 5.91 Å². The molecule has 0 radical (unpaired) electrons. The van der Waals surface area contributed by atoms with Crippen LogP contribution in [0.1, 0.15) is 15.9 Å². The van der Waals surface area contributed by atoms with Crippen molar-refractivity contribution in [1.29, 1.82) is 0 Å². The van der Waals surface area contributed by atoms with E-state index in [4.69, 9.17) is 5.73 Å². The third kappa shape index (κ3) is 2.82. The number of hydrogen-bond acceptors (Lipinski definition) is 2. The number of carbonyl (C=O) groups excluding carboxylic acids is 1. The van der Waals surface area contributed by atoms with E-state index in [-0.39, 0.29) is 0 Å². The lowest BCUT2D eigenvalue weighted by Crippen LogP contribution is -2.10. The summed E-state index contributed by atoms with van der Waals surface area (Å²) in [6, 6.07) is 21.3. The Hall–Kier alpha value is -2.94. The Morgan fingerprint density at radius 3 is 2.43 bits per heavy atom. The molecule has 0 saturated heterocycles. The van der Waals surface area contributed by atoms with Crippen molar-refractivity contribution in [3.8, 4) is 0 Å². The number of primary amides is 1. The van der Waals surface area contributed by atoms with Gasteiger partial charge in [0.25, 0.3) is 5.91 Å². The van der Waals surface area contributed by atoms with E-state index in [0.29, 0.717) is 11.3 Å². The molecule has 21 heavy (non-hydrogen) atoms. The van der Waals surface area contributed by atoms with E-state index in [1.54, 1.807) is 24.4 Å². The van der Waals surface area contributed by atoms with Gasteiger partial charge in [-0.25, -0.2) is 0 Å². The summed E-state index contributed by atoms with van der Waals surface area (Å²) in [5.74, 6) is -0.471. The van der Waals surface area contributed by atoms with Crippen molar-refractivity contribution in [3.63, 3.8) is 0 Å². The first-order valence-corrected chi connectivity index (χ1v) is 6.66. The fourth-order valence-corrected chi connectivity index (χ4v) is 2.23. The first kappa shape index (κ1) is 13.1. The van der Waals surface area contributed by atoms with Crippen LogP contribution in [0.15, 0.2) is 71.7 Å². The molecule has 3 nitrogen and oxygen atoms in total. The van der Waals surface area contributed by atoms with Crippen molar-refractivity contribution in [2.45, 2.75) is 0 Å². The van der Waals surface area contributed by atoms with Crippen LogP contribution < -0.4 is 5.73 Å². The van der Waals surface area contributed by atoms with Gasteiger partial charge in [0.15, 0.2) is 0 Å². The maximum atomic E-state index is 11.4. The van der Waals surface area contributed by atoms with Crippen molar-refractivity contribution in [3.05, 3.63) is 77.9 Å². The summed E-state index contributed by atoms with van der Waals surface area (Å²) in [6.45, 7) is 0. The zero-order valence-corrected chi connectivity index (χ0v) is 11.4. The van der Waals surface area contributed by atoms with Crippen LogP contribution in [0, 0.1) is 0 Å². The molecule has 102 valence electrons. The zero-order valence-electron chi connectivity index (χ0n) is 11.4. The second-order valence-electron chi connectivity index (χ2n) is 4.75. The number of carbonyl (C=O) groups is 1. The van der Waals surface area contributed by atoms with Gasteiger partial charge >= 0.3 is 0 Å². The Balaban J connectivity index is 1.96. The highest BCUT2D eigenvalue weighted by atomic mass is 16.1. The lowest BCUT2D eigenvalue weighted by atomic mass is 10.1. The zero-order chi connectivity index (χ0) is 14.7. The number of nitrogens with zero attached hydrogens (tertiary/aromatic N) is 1. The average molecular weight is 274 g/mol. The number of para-hydroxylation sites is 1. The minimum atomic E-state index is -0.471. The molecule has 0 aliphatic heterocycles. The number of hydrogen-bond donors (Lipinski definition) is 1. The molecule has 0 aliphatic rings. The second kappa shape index (κ2) is 5.59. The van der Waals surface area contributed by atoms with Gasteiger partial charge in [-0.15, -0.1) is 0 Å². The fraction of sp³-hybridized carbons (Fsp3) is 0. The minimum Gasteiger partial charge on any atom is -0.366 e. The lowest BCUT2D eigenvalue weighted by molar-refractivity contribution is 0.100. The molecular weight excluding hydrogens is 260 g/mol. The summed E-state index contributed by atoms with van der Waals surface area (Å²) >= 11 is 0. The van der Waals surface area contributed by atoms with Crippen molar-refractivity contribution < 1.29 is 4.79 Å². The van der Waals surface area contributed by atoms with Crippen molar-refractivity contribution in [2.75, 3.05) is 0 Å². The molecule has 0 aromatic heterocycles. The largest absolute Gasteiger partial charge is 0.366 e. The molecular formula is C18H14N2O.